The Balaban J connectivity index is 1.84. The third-order valence-corrected chi connectivity index (χ3v) is 3.61. The highest BCUT2D eigenvalue weighted by atomic mass is 19.1. The number of carbonyl (C=O) groups is 2. The number of rotatable bonds is 4. The first kappa shape index (κ1) is 16.4. The molecule has 0 radical (unpaired) electrons. The number of hydrogen-bond donors (Lipinski definition) is 2. The molecule has 0 spiro atoms. The topological polar surface area (TPSA) is 79.5 Å². The minimum atomic E-state index is -1.14. The number of amides is 1. The van der Waals surface area contributed by atoms with Crippen LogP contribution >= 0.6 is 0 Å². The number of furan rings is 1. The summed E-state index contributed by atoms with van der Waals surface area (Å²) < 4.78 is 18.5. The third kappa shape index (κ3) is 3.58. The van der Waals surface area contributed by atoms with Gasteiger partial charge in [0.15, 0.2) is 5.76 Å². The van der Waals surface area contributed by atoms with Crippen LogP contribution in [0.1, 0.15) is 26.5 Å². The van der Waals surface area contributed by atoms with Gasteiger partial charge in [-0.3, -0.25) is 4.79 Å². The molecule has 0 fully saturated rings. The van der Waals surface area contributed by atoms with Crippen LogP contribution < -0.4 is 5.32 Å². The fraction of sp³-hybridized carbons (Fsp3) is 0.0526. The fourth-order valence-electron chi connectivity index (χ4n) is 2.36. The second-order valence-corrected chi connectivity index (χ2v) is 5.48. The van der Waals surface area contributed by atoms with Crippen molar-refractivity contribution in [3.63, 3.8) is 0 Å². The molecule has 5 nitrogen and oxygen atoms in total. The number of carboxylic acids is 1. The van der Waals surface area contributed by atoms with Gasteiger partial charge in [0.2, 0.25) is 0 Å². The molecule has 0 atom stereocenters. The number of halogens is 1. The summed E-state index contributed by atoms with van der Waals surface area (Å²) >= 11 is 0. The number of anilines is 1. The second kappa shape index (κ2) is 6.60. The van der Waals surface area contributed by atoms with Gasteiger partial charge in [0, 0.05) is 5.56 Å². The minimum Gasteiger partial charge on any atom is -0.478 e. The molecule has 6 heteroatoms. The highest BCUT2D eigenvalue weighted by Gasteiger charge is 2.16. The quantitative estimate of drug-likeness (QED) is 0.741. The number of carboxylic acid groups (broad SMARTS) is 1. The molecule has 1 heterocycles. The molecule has 0 aliphatic heterocycles. The average Bonchev–Trinajstić information content (AvgIpc) is 3.05. The molecule has 126 valence electrons. The van der Waals surface area contributed by atoms with Crippen molar-refractivity contribution in [3.8, 4) is 11.3 Å². The van der Waals surface area contributed by atoms with E-state index in [2.05, 4.69) is 5.32 Å². The van der Waals surface area contributed by atoms with Gasteiger partial charge in [-0.25, -0.2) is 9.18 Å². The fourth-order valence-corrected chi connectivity index (χ4v) is 2.36. The van der Waals surface area contributed by atoms with Crippen LogP contribution in [-0.4, -0.2) is 17.0 Å². The molecular formula is C19H14FNO4. The predicted octanol–water partition coefficient (Wildman–Crippen LogP) is 4.34. The van der Waals surface area contributed by atoms with E-state index in [0.717, 1.165) is 5.56 Å². The van der Waals surface area contributed by atoms with Gasteiger partial charge in [-0.1, -0.05) is 6.07 Å². The maximum atomic E-state index is 13.0. The minimum absolute atomic E-state index is 0.00994. The molecular weight excluding hydrogens is 325 g/mol. The van der Waals surface area contributed by atoms with Crippen molar-refractivity contribution in [1.82, 2.24) is 0 Å². The van der Waals surface area contributed by atoms with Crippen molar-refractivity contribution in [2.24, 2.45) is 0 Å². The van der Waals surface area contributed by atoms with Crippen LogP contribution in [0.4, 0.5) is 10.1 Å². The molecule has 2 aromatic carbocycles. The molecule has 1 aromatic heterocycles. The number of aryl methyl sites for hydroxylation is 1. The Bertz CT molecular complexity index is 944. The molecule has 0 bridgehead atoms. The first-order valence-corrected chi connectivity index (χ1v) is 7.45. The lowest BCUT2D eigenvalue weighted by atomic mass is 10.1. The van der Waals surface area contributed by atoms with Crippen LogP contribution in [-0.2, 0) is 0 Å². The Labute approximate surface area is 142 Å². The van der Waals surface area contributed by atoms with E-state index in [4.69, 9.17) is 4.42 Å². The van der Waals surface area contributed by atoms with Crippen LogP contribution in [0.25, 0.3) is 11.3 Å². The average molecular weight is 339 g/mol. The lowest BCUT2D eigenvalue weighted by Crippen LogP contribution is -2.14. The molecule has 0 aliphatic carbocycles. The van der Waals surface area contributed by atoms with Gasteiger partial charge in [0.05, 0.1) is 11.3 Å². The number of aromatic carboxylic acids is 1. The zero-order valence-electron chi connectivity index (χ0n) is 13.2. The molecule has 1 amide bonds. The maximum absolute atomic E-state index is 13.0. The standard InChI is InChI=1S/C19H14FNO4/c1-11-2-7-14(19(23)24)15(10-11)21-18(22)17-9-8-16(25-17)12-3-5-13(20)6-4-12/h2-10H,1H3,(H,21,22)(H,23,24). The van der Waals surface area contributed by atoms with E-state index in [0.29, 0.717) is 11.3 Å². The SMILES string of the molecule is Cc1ccc(C(=O)O)c(NC(=O)c2ccc(-c3ccc(F)cc3)o2)c1. The van der Waals surface area contributed by atoms with Gasteiger partial charge in [0.25, 0.3) is 5.91 Å². The van der Waals surface area contributed by atoms with Gasteiger partial charge in [0.1, 0.15) is 11.6 Å². The Morgan fingerprint density at radius 3 is 2.44 bits per heavy atom. The number of hydrogen-bond acceptors (Lipinski definition) is 3. The van der Waals surface area contributed by atoms with Crippen molar-refractivity contribution in [2.45, 2.75) is 6.92 Å². The first-order valence-electron chi connectivity index (χ1n) is 7.45. The predicted molar refractivity (Wildman–Crippen MR) is 90.2 cm³/mol. The van der Waals surface area contributed by atoms with Crippen molar-refractivity contribution in [3.05, 3.63) is 77.3 Å². The van der Waals surface area contributed by atoms with E-state index < -0.39 is 11.9 Å². The monoisotopic (exact) mass is 339 g/mol. The summed E-state index contributed by atoms with van der Waals surface area (Å²) in [5.74, 6) is -1.64. The molecule has 0 saturated heterocycles. The van der Waals surface area contributed by atoms with E-state index in [1.807, 2.05) is 0 Å². The maximum Gasteiger partial charge on any atom is 0.337 e. The number of benzene rings is 2. The van der Waals surface area contributed by atoms with Crippen molar-refractivity contribution in [1.29, 1.82) is 0 Å². The molecule has 0 unspecified atom stereocenters. The van der Waals surface area contributed by atoms with E-state index in [-0.39, 0.29) is 22.8 Å². The molecule has 0 saturated carbocycles. The molecule has 2 N–H and O–H groups in total. The van der Waals surface area contributed by atoms with Gasteiger partial charge in [-0.05, 0) is 61.0 Å². The van der Waals surface area contributed by atoms with E-state index in [9.17, 15) is 19.1 Å². The second-order valence-electron chi connectivity index (χ2n) is 5.48. The van der Waals surface area contributed by atoms with Gasteiger partial charge >= 0.3 is 5.97 Å². The van der Waals surface area contributed by atoms with Crippen molar-refractivity contribution >= 4 is 17.6 Å². The lowest BCUT2D eigenvalue weighted by molar-refractivity contribution is 0.0698. The smallest absolute Gasteiger partial charge is 0.337 e. The van der Waals surface area contributed by atoms with Crippen LogP contribution in [0.5, 0.6) is 0 Å². The molecule has 0 aliphatic rings. The summed E-state index contributed by atoms with van der Waals surface area (Å²) in [5.41, 5.74) is 1.62. The Hall–Kier alpha value is -3.41. The molecule has 3 aromatic rings. The van der Waals surface area contributed by atoms with Crippen LogP contribution in [0.2, 0.25) is 0 Å². The van der Waals surface area contributed by atoms with Gasteiger partial charge < -0.3 is 14.8 Å². The summed E-state index contributed by atoms with van der Waals surface area (Å²) in [5, 5.41) is 11.8. The van der Waals surface area contributed by atoms with Gasteiger partial charge in [-0.2, -0.15) is 0 Å². The first-order chi connectivity index (χ1) is 11.9. The van der Waals surface area contributed by atoms with E-state index in [1.54, 1.807) is 37.3 Å². The molecule has 3 rings (SSSR count). The summed E-state index contributed by atoms with van der Waals surface area (Å²) in [6.45, 7) is 1.79. The van der Waals surface area contributed by atoms with Crippen LogP contribution in [0.3, 0.4) is 0 Å². The van der Waals surface area contributed by atoms with Gasteiger partial charge in [-0.15, -0.1) is 0 Å². The summed E-state index contributed by atoms with van der Waals surface area (Å²) in [6, 6.07) is 13.4. The normalized spacial score (nSPS) is 10.5. The van der Waals surface area contributed by atoms with E-state index >= 15 is 0 Å². The zero-order valence-corrected chi connectivity index (χ0v) is 13.2. The van der Waals surface area contributed by atoms with Crippen molar-refractivity contribution in [2.75, 3.05) is 5.32 Å². The Kier molecular flexibility index (Phi) is 4.35. The number of carbonyl (C=O) groups excluding carboxylic acids is 1. The highest BCUT2D eigenvalue weighted by Crippen LogP contribution is 2.24. The lowest BCUT2D eigenvalue weighted by Gasteiger charge is -2.08. The molecule has 25 heavy (non-hydrogen) atoms. The summed E-state index contributed by atoms with van der Waals surface area (Å²) in [7, 11) is 0. The largest absolute Gasteiger partial charge is 0.478 e. The highest BCUT2D eigenvalue weighted by molar-refractivity contribution is 6.06. The van der Waals surface area contributed by atoms with Crippen LogP contribution in [0, 0.1) is 12.7 Å². The third-order valence-electron chi connectivity index (χ3n) is 3.61. The summed E-state index contributed by atoms with van der Waals surface area (Å²) in [4.78, 5) is 23.6. The Morgan fingerprint density at radius 2 is 1.76 bits per heavy atom. The number of nitrogens with one attached hydrogen (secondary N) is 1. The van der Waals surface area contributed by atoms with Crippen molar-refractivity contribution < 1.29 is 23.5 Å². The zero-order chi connectivity index (χ0) is 18.0. The summed E-state index contributed by atoms with van der Waals surface area (Å²) in [6.07, 6.45) is 0. The Morgan fingerprint density at radius 1 is 1.04 bits per heavy atom. The van der Waals surface area contributed by atoms with Crippen LogP contribution in [0.15, 0.2) is 59.0 Å². The van der Waals surface area contributed by atoms with E-state index in [1.165, 1.54) is 24.3 Å².